The van der Waals surface area contributed by atoms with Crippen molar-refractivity contribution in [2.24, 2.45) is 0 Å². The second kappa shape index (κ2) is 8.14. The highest BCUT2D eigenvalue weighted by molar-refractivity contribution is 5.78. The summed E-state index contributed by atoms with van der Waals surface area (Å²) in [6.45, 7) is 0. The average Bonchev–Trinajstić information content (AvgIpc) is 2.74. The summed E-state index contributed by atoms with van der Waals surface area (Å²) in [5.41, 5.74) is 0.0583. The highest BCUT2D eigenvalue weighted by Crippen LogP contribution is 2.43. The zero-order chi connectivity index (χ0) is 21.1. The summed E-state index contributed by atoms with van der Waals surface area (Å²) >= 11 is 0. The van der Waals surface area contributed by atoms with E-state index in [1.807, 2.05) is 0 Å². The fourth-order valence-corrected chi connectivity index (χ4v) is 3.11. The van der Waals surface area contributed by atoms with Crippen LogP contribution in [0.25, 0.3) is 11.0 Å². The summed E-state index contributed by atoms with van der Waals surface area (Å²) in [6.07, 6.45) is -0.234. The number of carbonyl (C=O) groups excluding carboxylic acids is 1. The predicted octanol–water partition coefficient (Wildman–Crippen LogP) is 2.92. The Kier molecular flexibility index (Phi) is 5.63. The molecule has 3 aromatic rings. The topological polar surface area (TPSA) is 115 Å². The standard InChI is InChI=1S/C21H20O8/c1-26-15-8-11(9-16(27-2)19(15)24)13(10-17(22)28-3)21-20(25)18(23)12-6-4-5-7-14(12)29-21/h4-9,13,24-25H,10H2,1-3H3. The van der Waals surface area contributed by atoms with Gasteiger partial charge >= 0.3 is 5.97 Å². The molecule has 3 rings (SSSR count). The average molecular weight is 400 g/mol. The lowest BCUT2D eigenvalue weighted by Gasteiger charge is -2.19. The van der Waals surface area contributed by atoms with Crippen LogP contribution < -0.4 is 14.9 Å². The zero-order valence-electron chi connectivity index (χ0n) is 16.1. The number of hydrogen-bond acceptors (Lipinski definition) is 8. The minimum absolute atomic E-state index is 0.0943. The molecule has 0 bridgehead atoms. The largest absolute Gasteiger partial charge is 0.502 e. The van der Waals surface area contributed by atoms with E-state index in [0.29, 0.717) is 5.56 Å². The van der Waals surface area contributed by atoms with E-state index in [0.717, 1.165) is 0 Å². The maximum absolute atomic E-state index is 12.6. The van der Waals surface area contributed by atoms with Gasteiger partial charge in [-0.3, -0.25) is 9.59 Å². The van der Waals surface area contributed by atoms with Gasteiger partial charge in [-0.1, -0.05) is 12.1 Å². The Hall–Kier alpha value is -3.68. The minimum Gasteiger partial charge on any atom is -0.502 e. The molecule has 1 aromatic heterocycles. The number of aromatic hydroxyl groups is 2. The molecule has 29 heavy (non-hydrogen) atoms. The molecular weight excluding hydrogens is 380 g/mol. The van der Waals surface area contributed by atoms with Gasteiger partial charge in [0.25, 0.3) is 0 Å². The normalized spacial score (nSPS) is 11.8. The first-order valence-electron chi connectivity index (χ1n) is 8.67. The van der Waals surface area contributed by atoms with Crippen molar-refractivity contribution >= 4 is 16.9 Å². The molecule has 0 aliphatic rings. The van der Waals surface area contributed by atoms with Crippen molar-refractivity contribution in [3.8, 4) is 23.0 Å². The third kappa shape index (κ3) is 3.69. The first-order chi connectivity index (χ1) is 13.9. The Morgan fingerprint density at radius 1 is 1.03 bits per heavy atom. The Morgan fingerprint density at radius 3 is 2.24 bits per heavy atom. The van der Waals surface area contributed by atoms with Crippen molar-refractivity contribution in [1.82, 2.24) is 0 Å². The number of phenols is 1. The highest BCUT2D eigenvalue weighted by Gasteiger charge is 2.29. The van der Waals surface area contributed by atoms with Crippen LogP contribution in [-0.4, -0.2) is 37.5 Å². The van der Waals surface area contributed by atoms with E-state index in [2.05, 4.69) is 0 Å². The quantitative estimate of drug-likeness (QED) is 0.607. The number of benzene rings is 2. The molecule has 1 unspecified atom stereocenters. The van der Waals surface area contributed by atoms with Crippen LogP contribution in [-0.2, 0) is 9.53 Å². The van der Waals surface area contributed by atoms with Crippen molar-refractivity contribution in [1.29, 1.82) is 0 Å². The molecule has 1 atom stereocenters. The highest BCUT2D eigenvalue weighted by atomic mass is 16.5. The maximum Gasteiger partial charge on any atom is 0.306 e. The van der Waals surface area contributed by atoms with Crippen molar-refractivity contribution in [3.63, 3.8) is 0 Å². The van der Waals surface area contributed by atoms with Gasteiger partial charge in [0.1, 0.15) is 5.58 Å². The summed E-state index contributed by atoms with van der Waals surface area (Å²) < 4.78 is 20.9. The van der Waals surface area contributed by atoms with Gasteiger partial charge in [0, 0.05) is 0 Å². The molecule has 8 heteroatoms. The van der Waals surface area contributed by atoms with Gasteiger partial charge in [0.05, 0.1) is 39.1 Å². The van der Waals surface area contributed by atoms with Crippen LogP contribution in [0, 0.1) is 0 Å². The third-order valence-electron chi connectivity index (χ3n) is 4.62. The van der Waals surface area contributed by atoms with Gasteiger partial charge < -0.3 is 28.8 Å². The second-order valence-corrected chi connectivity index (χ2v) is 6.25. The first kappa shape index (κ1) is 20.1. The van der Waals surface area contributed by atoms with E-state index in [1.54, 1.807) is 18.2 Å². The lowest BCUT2D eigenvalue weighted by atomic mass is 9.91. The van der Waals surface area contributed by atoms with Gasteiger partial charge in [-0.15, -0.1) is 0 Å². The van der Waals surface area contributed by atoms with Crippen LogP contribution in [0.2, 0.25) is 0 Å². The Labute approximate surface area is 165 Å². The monoisotopic (exact) mass is 400 g/mol. The SMILES string of the molecule is COC(=O)CC(c1cc(OC)c(O)c(OC)c1)c1oc2ccccc2c(=O)c1O. The van der Waals surface area contributed by atoms with Crippen molar-refractivity contribution in [2.45, 2.75) is 12.3 Å². The van der Waals surface area contributed by atoms with Crippen molar-refractivity contribution in [3.05, 3.63) is 57.9 Å². The molecule has 0 radical (unpaired) electrons. The molecular formula is C21H20O8. The summed E-state index contributed by atoms with van der Waals surface area (Å²) in [4.78, 5) is 24.7. The maximum atomic E-state index is 12.6. The van der Waals surface area contributed by atoms with E-state index in [-0.39, 0.29) is 40.4 Å². The molecule has 0 aliphatic heterocycles. The van der Waals surface area contributed by atoms with Gasteiger partial charge in [-0.05, 0) is 29.8 Å². The minimum atomic E-state index is -0.900. The second-order valence-electron chi connectivity index (χ2n) is 6.25. The Bertz CT molecular complexity index is 1090. The van der Waals surface area contributed by atoms with Crippen LogP contribution in [0.1, 0.15) is 23.7 Å². The molecule has 0 saturated heterocycles. The summed E-state index contributed by atoms with van der Waals surface area (Å²) in [7, 11) is 3.95. The lowest BCUT2D eigenvalue weighted by Crippen LogP contribution is -2.14. The molecule has 0 fully saturated rings. The van der Waals surface area contributed by atoms with E-state index in [1.165, 1.54) is 39.5 Å². The summed E-state index contributed by atoms with van der Waals surface area (Å²) in [5, 5.41) is 20.9. The van der Waals surface area contributed by atoms with Gasteiger partial charge in [-0.25, -0.2) is 0 Å². The number of methoxy groups -OCH3 is 3. The number of rotatable bonds is 6. The first-order valence-corrected chi connectivity index (χ1v) is 8.67. The van der Waals surface area contributed by atoms with E-state index < -0.39 is 23.1 Å². The van der Waals surface area contributed by atoms with Crippen LogP contribution in [0.15, 0.2) is 45.6 Å². The van der Waals surface area contributed by atoms with Crippen molar-refractivity contribution < 1.29 is 33.6 Å². The van der Waals surface area contributed by atoms with Crippen molar-refractivity contribution in [2.75, 3.05) is 21.3 Å². The van der Waals surface area contributed by atoms with Gasteiger partial charge in [0.15, 0.2) is 17.3 Å². The van der Waals surface area contributed by atoms with Gasteiger partial charge in [0.2, 0.25) is 16.9 Å². The summed E-state index contributed by atoms with van der Waals surface area (Å²) in [6, 6.07) is 9.41. The van der Waals surface area contributed by atoms with Crippen LogP contribution >= 0.6 is 0 Å². The molecule has 152 valence electrons. The molecule has 0 aliphatic carbocycles. The summed E-state index contributed by atoms with van der Waals surface area (Å²) in [5.74, 6) is -2.23. The molecule has 0 spiro atoms. The van der Waals surface area contributed by atoms with E-state index in [4.69, 9.17) is 18.6 Å². The number of carbonyl (C=O) groups is 1. The fraction of sp³-hybridized carbons (Fsp3) is 0.238. The number of esters is 1. The molecule has 2 aromatic carbocycles. The van der Waals surface area contributed by atoms with E-state index in [9.17, 15) is 19.8 Å². The number of hydrogen-bond donors (Lipinski definition) is 2. The fourth-order valence-electron chi connectivity index (χ4n) is 3.11. The molecule has 0 saturated carbocycles. The molecule has 2 N–H and O–H groups in total. The lowest BCUT2D eigenvalue weighted by molar-refractivity contribution is -0.140. The molecule has 1 heterocycles. The number of fused-ring (bicyclic) bond motifs is 1. The number of para-hydroxylation sites is 1. The Balaban J connectivity index is 2.27. The van der Waals surface area contributed by atoms with Crippen LogP contribution in [0.5, 0.6) is 23.0 Å². The van der Waals surface area contributed by atoms with Crippen LogP contribution in [0.3, 0.4) is 0 Å². The smallest absolute Gasteiger partial charge is 0.306 e. The number of phenolic OH excluding ortho intramolecular Hbond substituents is 1. The van der Waals surface area contributed by atoms with E-state index >= 15 is 0 Å². The molecule has 0 amide bonds. The Morgan fingerprint density at radius 2 is 1.66 bits per heavy atom. The predicted molar refractivity (Wildman–Crippen MR) is 104 cm³/mol. The molecule has 8 nitrogen and oxygen atoms in total. The third-order valence-corrected chi connectivity index (χ3v) is 4.62. The van der Waals surface area contributed by atoms with Crippen LogP contribution in [0.4, 0.5) is 0 Å². The zero-order valence-corrected chi connectivity index (χ0v) is 16.1. The number of ether oxygens (including phenoxy) is 3. The van der Waals surface area contributed by atoms with Gasteiger partial charge in [-0.2, -0.15) is 0 Å².